The first kappa shape index (κ1) is 12.9. The van der Waals surface area contributed by atoms with Crippen molar-refractivity contribution in [1.29, 1.82) is 0 Å². The molecule has 0 aliphatic rings. The maximum Gasteiger partial charge on any atom is 0.181 e. The van der Waals surface area contributed by atoms with E-state index in [0.717, 1.165) is 11.1 Å². The largest absolute Gasteiger partial charge is 0.380 e. The number of hydrogen-bond acceptors (Lipinski definition) is 3. The zero-order valence-electron chi connectivity index (χ0n) is 10.1. The summed E-state index contributed by atoms with van der Waals surface area (Å²) in [5, 5.41) is -0.154. The van der Waals surface area contributed by atoms with Gasteiger partial charge >= 0.3 is 0 Å². The van der Waals surface area contributed by atoms with E-state index in [1.165, 1.54) is 0 Å². The Kier molecular flexibility index (Phi) is 3.89. The molecule has 0 saturated carbocycles. The van der Waals surface area contributed by atoms with E-state index in [9.17, 15) is 4.39 Å². The van der Waals surface area contributed by atoms with Crippen LogP contribution in [0.3, 0.4) is 0 Å². The fourth-order valence-electron chi connectivity index (χ4n) is 1.57. The Labute approximate surface area is 110 Å². The van der Waals surface area contributed by atoms with Gasteiger partial charge in [0.05, 0.1) is 12.3 Å². The van der Waals surface area contributed by atoms with Crippen molar-refractivity contribution >= 4 is 11.6 Å². The lowest BCUT2D eigenvalue weighted by Crippen LogP contribution is -1.97. The van der Waals surface area contributed by atoms with Crippen LogP contribution in [0.15, 0.2) is 24.3 Å². The molecule has 5 heteroatoms. The molecule has 0 N–H and O–H groups in total. The first-order valence-electron chi connectivity index (χ1n) is 5.39. The predicted octanol–water partition coefficient (Wildman–Crippen LogP) is 3.39. The topological polar surface area (TPSA) is 35.0 Å². The Bertz CT molecular complexity index is 534. The quantitative estimate of drug-likeness (QED) is 0.799. The number of methoxy groups -OCH3 is 1. The number of aryl methyl sites for hydroxylation is 1. The summed E-state index contributed by atoms with van der Waals surface area (Å²) in [4.78, 5) is 8.01. The van der Waals surface area contributed by atoms with Crippen LogP contribution in [0, 0.1) is 12.7 Å². The van der Waals surface area contributed by atoms with Gasteiger partial charge in [0.15, 0.2) is 16.8 Å². The second-order valence-electron chi connectivity index (χ2n) is 3.87. The van der Waals surface area contributed by atoms with Crippen molar-refractivity contribution < 1.29 is 9.13 Å². The van der Waals surface area contributed by atoms with Crippen LogP contribution in [0.1, 0.15) is 11.3 Å². The Morgan fingerprint density at radius 1 is 1.22 bits per heavy atom. The molecule has 94 valence electrons. The van der Waals surface area contributed by atoms with Gasteiger partial charge in [-0.05, 0) is 12.5 Å². The van der Waals surface area contributed by atoms with Crippen LogP contribution >= 0.6 is 11.6 Å². The molecule has 1 aromatic heterocycles. The zero-order chi connectivity index (χ0) is 13.1. The van der Waals surface area contributed by atoms with Gasteiger partial charge in [-0.2, -0.15) is 0 Å². The fraction of sp³-hybridized carbons (Fsp3) is 0.231. The van der Waals surface area contributed by atoms with Gasteiger partial charge in [0.1, 0.15) is 0 Å². The van der Waals surface area contributed by atoms with E-state index in [2.05, 4.69) is 9.97 Å². The number of halogens is 2. The maximum atomic E-state index is 13.3. The van der Waals surface area contributed by atoms with Gasteiger partial charge < -0.3 is 4.74 Å². The van der Waals surface area contributed by atoms with Gasteiger partial charge in [-0.1, -0.05) is 35.9 Å². The van der Waals surface area contributed by atoms with Gasteiger partial charge in [0.2, 0.25) is 0 Å². The van der Waals surface area contributed by atoms with Gasteiger partial charge in [-0.3, -0.25) is 0 Å². The lowest BCUT2D eigenvalue weighted by Gasteiger charge is -2.05. The molecule has 0 spiro atoms. The molecule has 0 radical (unpaired) electrons. The van der Waals surface area contributed by atoms with Crippen molar-refractivity contribution in [2.24, 2.45) is 0 Å². The lowest BCUT2D eigenvalue weighted by molar-refractivity contribution is 0.185. The number of rotatable bonds is 3. The monoisotopic (exact) mass is 266 g/mol. The normalized spacial score (nSPS) is 10.7. The van der Waals surface area contributed by atoms with E-state index in [1.807, 2.05) is 24.3 Å². The third kappa shape index (κ3) is 2.66. The number of benzene rings is 1. The van der Waals surface area contributed by atoms with Crippen molar-refractivity contribution in [2.45, 2.75) is 13.5 Å². The van der Waals surface area contributed by atoms with E-state index in [0.29, 0.717) is 12.4 Å². The number of aromatic nitrogens is 2. The van der Waals surface area contributed by atoms with Crippen LogP contribution in [-0.4, -0.2) is 17.1 Å². The van der Waals surface area contributed by atoms with Gasteiger partial charge in [-0.15, -0.1) is 0 Å². The molecular formula is C13H12ClFN2O. The Morgan fingerprint density at radius 3 is 2.44 bits per heavy atom. The number of nitrogens with zero attached hydrogens (tertiary/aromatic N) is 2. The summed E-state index contributed by atoms with van der Waals surface area (Å²) in [7, 11) is 1.64. The molecule has 0 aliphatic carbocycles. The molecule has 2 rings (SSSR count). The highest BCUT2D eigenvalue weighted by Gasteiger charge is 2.10. The maximum absolute atomic E-state index is 13.3. The Morgan fingerprint density at radius 2 is 1.89 bits per heavy atom. The molecule has 2 aromatic rings. The Balaban J connectivity index is 2.36. The van der Waals surface area contributed by atoms with Crippen LogP contribution in [-0.2, 0) is 11.3 Å². The zero-order valence-corrected chi connectivity index (χ0v) is 10.8. The van der Waals surface area contributed by atoms with Crippen LogP contribution in [0.2, 0.25) is 5.15 Å². The van der Waals surface area contributed by atoms with E-state index in [-0.39, 0.29) is 10.8 Å². The van der Waals surface area contributed by atoms with E-state index in [4.69, 9.17) is 16.3 Å². The standard InChI is InChI=1S/C13H12ClFN2O/c1-8-11(15)12(14)17-13(16-8)10-5-3-9(4-6-10)7-18-2/h3-6H,7H2,1-2H3. The minimum absolute atomic E-state index is 0.154. The van der Waals surface area contributed by atoms with E-state index >= 15 is 0 Å². The highest BCUT2D eigenvalue weighted by molar-refractivity contribution is 6.29. The highest BCUT2D eigenvalue weighted by Crippen LogP contribution is 2.21. The molecule has 0 bridgehead atoms. The van der Waals surface area contributed by atoms with Gasteiger partial charge in [0, 0.05) is 12.7 Å². The molecule has 1 heterocycles. The van der Waals surface area contributed by atoms with E-state index in [1.54, 1.807) is 14.0 Å². The number of hydrogen-bond donors (Lipinski definition) is 0. The summed E-state index contributed by atoms with van der Waals surface area (Å²) in [6, 6.07) is 7.54. The summed E-state index contributed by atoms with van der Waals surface area (Å²) >= 11 is 5.70. The highest BCUT2D eigenvalue weighted by atomic mass is 35.5. The molecule has 1 aromatic carbocycles. The lowest BCUT2D eigenvalue weighted by atomic mass is 10.1. The second kappa shape index (κ2) is 5.42. The van der Waals surface area contributed by atoms with Crippen molar-refractivity contribution in [3.63, 3.8) is 0 Å². The summed E-state index contributed by atoms with van der Waals surface area (Å²) in [6.07, 6.45) is 0. The SMILES string of the molecule is COCc1ccc(-c2nc(C)c(F)c(Cl)n2)cc1. The average molecular weight is 267 g/mol. The van der Waals surface area contributed by atoms with Crippen molar-refractivity contribution in [1.82, 2.24) is 9.97 Å². The first-order chi connectivity index (χ1) is 8.61. The van der Waals surface area contributed by atoms with Crippen LogP contribution in [0.5, 0.6) is 0 Å². The van der Waals surface area contributed by atoms with Crippen LogP contribution in [0.25, 0.3) is 11.4 Å². The fourth-order valence-corrected chi connectivity index (χ4v) is 1.79. The van der Waals surface area contributed by atoms with Crippen LogP contribution < -0.4 is 0 Å². The molecule has 3 nitrogen and oxygen atoms in total. The van der Waals surface area contributed by atoms with Crippen molar-refractivity contribution in [3.8, 4) is 11.4 Å². The summed E-state index contributed by atoms with van der Waals surface area (Å²) in [5.41, 5.74) is 2.08. The third-order valence-electron chi connectivity index (χ3n) is 2.50. The molecule has 0 atom stereocenters. The summed E-state index contributed by atoms with van der Waals surface area (Å²) in [6.45, 7) is 2.11. The predicted molar refractivity (Wildman–Crippen MR) is 67.9 cm³/mol. The van der Waals surface area contributed by atoms with Crippen molar-refractivity contribution in [3.05, 3.63) is 46.5 Å². The van der Waals surface area contributed by atoms with Crippen LogP contribution in [0.4, 0.5) is 4.39 Å². The Hall–Kier alpha value is -1.52. The average Bonchev–Trinajstić information content (AvgIpc) is 2.37. The molecule has 0 fully saturated rings. The second-order valence-corrected chi connectivity index (χ2v) is 4.23. The van der Waals surface area contributed by atoms with Gasteiger partial charge in [0.25, 0.3) is 0 Å². The van der Waals surface area contributed by atoms with Crippen molar-refractivity contribution in [2.75, 3.05) is 7.11 Å². The first-order valence-corrected chi connectivity index (χ1v) is 5.77. The molecule has 0 amide bonds. The summed E-state index contributed by atoms with van der Waals surface area (Å²) < 4.78 is 18.3. The minimum Gasteiger partial charge on any atom is -0.380 e. The molecule has 0 aliphatic heterocycles. The minimum atomic E-state index is -0.573. The third-order valence-corrected chi connectivity index (χ3v) is 2.75. The number of ether oxygens (including phenoxy) is 1. The molecule has 0 saturated heterocycles. The van der Waals surface area contributed by atoms with Gasteiger partial charge in [-0.25, -0.2) is 14.4 Å². The van der Waals surface area contributed by atoms with E-state index < -0.39 is 5.82 Å². The molecular weight excluding hydrogens is 255 g/mol. The molecule has 18 heavy (non-hydrogen) atoms. The summed E-state index contributed by atoms with van der Waals surface area (Å²) in [5.74, 6) is -0.153. The smallest absolute Gasteiger partial charge is 0.181 e. The molecule has 0 unspecified atom stereocenters.